The highest BCUT2D eigenvalue weighted by molar-refractivity contribution is 14.0. The zero-order valence-electron chi connectivity index (χ0n) is 16.6. The van der Waals surface area contributed by atoms with Crippen molar-refractivity contribution in [2.24, 2.45) is 4.99 Å². The molecule has 2 N–H and O–H groups in total. The fourth-order valence-corrected chi connectivity index (χ4v) is 2.54. The van der Waals surface area contributed by atoms with E-state index in [2.05, 4.69) is 20.4 Å². The number of methoxy groups -OCH3 is 2. The number of hydrogen-bond donors (Lipinski definition) is 2. The number of halogens is 3. The van der Waals surface area contributed by atoms with Crippen LogP contribution in [0.4, 0.5) is 8.78 Å². The van der Waals surface area contributed by atoms with Gasteiger partial charge in [0.2, 0.25) is 0 Å². The number of aliphatic imine (C=N–C) groups is 1. The van der Waals surface area contributed by atoms with Gasteiger partial charge in [-0.2, -0.15) is 8.78 Å². The fourth-order valence-electron chi connectivity index (χ4n) is 2.54. The Morgan fingerprint density at radius 3 is 2.24 bits per heavy atom. The molecule has 0 radical (unpaired) electrons. The smallest absolute Gasteiger partial charge is 0.387 e. The van der Waals surface area contributed by atoms with Gasteiger partial charge in [0.15, 0.2) is 17.5 Å². The third-order valence-electron chi connectivity index (χ3n) is 3.99. The van der Waals surface area contributed by atoms with E-state index in [0.717, 1.165) is 17.7 Å². The van der Waals surface area contributed by atoms with Crippen molar-refractivity contribution in [2.45, 2.75) is 19.6 Å². The highest BCUT2D eigenvalue weighted by Crippen LogP contribution is 2.29. The quantitative estimate of drug-likeness (QED) is 0.299. The summed E-state index contributed by atoms with van der Waals surface area (Å²) in [4.78, 5) is 4.16. The largest absolute Gasteiger partial charge is 0.497 e. The summed E-state index contributed by atoms with van der Waals surface area (Å²) in [5, 5.41) is 6.36. The van der Waals surface area contributed by atoms with Gasteiger partial charge in [-0.3, -0.25) is 4.99 Å². The van der Waals surface area contributed by atoms with E-state index in [4.69, 9.17) is 9.47 Å². The molecule has 0 fully saturated rings. The summed E-state index contributed by atoms with van der Waals surface area (Å²) >= 11 is 0. The summed E-state index contributed by atoms with van der Waals surface area (Å²) in [5.41, 5.74) is 1.93. The molecular weight excluding hydrogens is 495 g/mol. The molecule has 2 rings (SSSR count). The molecular formula is C20H26F2IN3O3. The van der Waals surface area contributed by atoms with E-state index in [1.54, 1.807) is 26.3 Å². The highest BCUT2D eigenvalue weighted by atomic mass is 127. The number of nitrogens with zero attached hydrogens (tertiary/aromatic N) is 1. The minimum atomic E-state index is -2.91. The third kappa shape index (κ3) is 8.30. The van der Waals surface area contributed by atoms with Crippen LogP contribution in [0.5, 0.6) is 17.2 Å². The molecule has 29 heavy (non-hydrogen) atoms. The van der Waals surface area contributed by atoms with Gasteiger partial charge in [0.05, 0.1) is 14.2 Å². The molecule has 0 spiro atoms. The first-order valence-electron chi connectivity index (χ1n) is 8.75. The molecule has 2 aromatic rings. The molecule has 0 saturated heterocycles. The fraction of sp³-hybridized carbons (Fsp3) is 0.350. The molecule has 0 amide bonds. The van der Waals surface area contributed by atoms with E-state index >= 15 is 0 Å². The van der Waals surface area contributed by atoms with Gasteiger partial charge >= 0.3 is 6.61 Å². The summed E-state index contributed by atoms with van der Waals surface area (Å²) in [6.07, 6.45) is 0.819. The summed E-state index contributed by atoms with van der Waals surface area (Å²) in [6.45, 7) is -1.83. The molecule has 0 aromatic heterocycles. The number of ether oxygens (including phenoxy) is 3. The van der Waals surface area contributed by atoms with Crippen molar-refractivity contribution >= 4 is 29.9 Å². The molecule has 0 unspecified atom stereocenters. The molecule has 0 atom stereocenters. The average Bonchev–Trinajstić information content (AvgIpc) is 2.70. The molecule has 0 aliphatic rings. The Balaban J connectivity index is 0.00000420. The zero-order chi connectivity index (χ0) is 20.4. The van der Waals surface area contributed by atoms with Gasteiger partial charge in [0, 0.05) is 20.1 Å². The van der Waals surface area contributed by atoms with Crippen LogP contribution in [0.1, 0.15) is 11.1 Å². The minimum absolute atomic E-state index is 0. The minimum Gasteiger partial charge on any atom is -0.497 e. The van der Waals surface area contributed by atoms with Crippen LogP contribution >= 0.6 is 24.0 Å². The van der Waals surface area contributed by atoms with E-state index in [9.17, 15) is 8.78 Å². The van der Waals surface area contributed by atoms with E-state index in [-0.39, 0.29) is 35.5 Å². The van der Waals surface area contributed by atoms with Gasteiger partial charge in [0.1, 0.15) is 5.75 Å². The number of benzene rings is 2. The van der Waals surface area contributed by atoms with E-state index in [1.807, 2.05) is 24.3 Å². The third-order valence-corrected chi connectivity index (χ3v) is 3.99. The first kappa shape index (κ1) is 24.7. The molecule has 0 aliphatic carbocycles. The van der Waals surface area contributed by atoms with Crippen molar-refractivity contribution in [1.82, 2.24) is 10.6 Å². The van der Waals surface area contributed by atoms with E-state index in [0.29, 0.717) is 19.0 Å². The van der Waals surface area contributed by atoms with Crippen LogP contribution in [0.15, 0.2) is 47.5 Å². The molecule has 0 heterocycles. The molecule has 0 aliphatic heterocycles. The number of alkyl halides is 2. The maximum absolute atomic E-state index is 12.5. The number of hydrogen-bond acceptors (Lipinski definition) is 4. The highest BCUT2D eigenvalue weighted by Gasteiger charge is 2.11. The van der Waals surface area contributed by atoms with Crippen LogP contribution in [0.25, 0.3) is 0 Å². The Morgan fingerprint density at radius 1 is 0.966 bits per heavy atom. The molecule has 160 valence electrons. The van der Waals surface area contributed by atoms with Gasteiger partial charge in [0.25, 0.3) is 0 Å². The zero-order valence-corrected chi connectivity index (χ0v) is 18.9. The predicted molar refractivity (Wildman–Crippen MR) is 120 cm³/mol. The van der Waals surface area contributed by atoms with Crippen LogP contribution < -0.4 is 24.8 Å². The van der Waals surface area contributed by atoms with Gasteiger partial charge in [-0.25, -0.2) is 0 Å². The predicted octanol–water partition coefficient (Wildman–Crippen LogP) is 3.83. The molecule has 0 bridgehead atoms. The Hall–Kier alpha value is -2.30. The van der Waals surface area contributed by atoms with Gasteiger partial charge in [-0.15, -0.1) is 24.0 Å². The second kappa shape index (κ2) is 13.0. The Labute approximate surface area is 186 Å². The normalized spacial score (nSPS) is 10.9. The molecule has 6 nitrogen and oxygen atoms in total. The van der Waals surface area contributed by atoms with Crippen molar-refractivity contribution in [3.63, 3.8) is 0 Å². The summed E-state index contributed by atoms with van der Waals surface area (Å²) in [5.74, 6) is 1.69. The SMILES string of the molecule is CN=C(NCCc1ccc(OC)cc1)NCc1ccc(OC)c(OC(F)F)c1.I. The topological polar surface area (TPSA) is 64.1 Å². The first-order chi connectivity index (χ1) is 13.5. The van der Waals surface area contributed by atoms with Crippen molar-refractivity contribution in [3.8, 4) is 17.2 Å². The Morgan fingerprint density at radius 2 is 1.66 bits per heavy atom. The first-order valence-corrected chi connectivity index (χ1v) is 8.75. The lowest BCUT2D eigenvalue weighted by Gasteiger charge is -2.14. The van der Waals surface area contributed by atoms with Crippen LogP contribution in [0, 0.1) is 0 Å². The standard InChI is InChI=1S/C20H25F2N3O3.HI/c1-23-20(24-11-10-14-4-7-16(26-2)8-5-14)25-13-15-6-9-17(27-3)18(12-15)28-19(21)22;/h4-9,12,19H,10-11,13H2,1-3H3,(H2,23,24,25);1H. The lowest BCUT2D eigenvalue weighted by molar-refractivity contribution is -0.0512. The molecule has 9 heteroatoms. The van der Waals surface area contributed by atoms with Gasteiger partial charge in [-0.1, -0.05) is 18.2 Å². The Kier molecular flexibility index (Phi) is 11.1. The van der Waals surface area contributed by atoms with Crippen molar-refractivity contribution < 1.29 is 23.0 Å². The van der Waals surface area contributed by atoms with Crippen molar-refractivity contribution in [3.05, 3.63) is 53.6 Å². The van der Waals surface area contributed by atoms with Crippen molar-refractivity contribution in [1.29, 1.82) is 0 Å². The van der Waals surface area contributed by atoms with Gasteiger partial charge in [-0.05, 0) is 41.8 Å². The number of rotatable bonds is 9. The maximum atomic E-state index is 12.5. The number of guanidine groups is 1. The van der Waals surface area contributed by atoms with Gasteiger partial charge < -0.3 is 24.8 Å². The average molecular weight is 521 g/mol. The monoisotopic (exact) mass is 521 g/mol. The van der Waals surface area contributed by atoms with Crippen LogP contribution in [-0.2, 0) is 13.0 Å². The summed E-state index contributed by atoms with van der Waals surface area (Å²) < 4.78 is 39.7. The second-order valence-electron chi connectivity index (χ2n) is 5.81. The van der Waals surface area contributed by atoms with E-state index in [1.165, 1.54) is 18.7 Å². The maximum Gasteiger partial charge on any atom is 0.387 e. The van der Waals surface area contributed by atoms with Crippen LogP contribution in [0.3, 0.4) is 0 Å². The Bertz CT molecular complexity index is 774. The lowest BCUT2D eigenvalue weighted by atomic mass is 10.1. The molecule has 2 aromatic carbocycles. The number of nitrogens with one attached hydrogen (secondary N) is 2. The lowest BCUT2D eigenvalue weighted by Crippen LogP contribution is -2.37. The summed E-state index contributed by atoms with van der Waals surface area (Å²) in [7, 11) is 4.71. The summed E-state index contributed by atoms with van der Waals surface area (Å²) in [6, 6.07) is 12.7. The molecule has 0 saturated carbocycles. The van der Waals surface area contributed by atoms with Crippen molar-refractivity contribution in [2.75, 3.05) is 27.8 Å². The second-order valence-corrected chi connectivity index (χ2v) is 5.81. The van der Waals surface area contributed by atoms with Crippen LogP contribution in [-0.4, -0.2) is 40.4 Å². The van der Waals surface area contributed by atoms with E-state index < -0.39 is 6.61 Å². The van der Waals surface area contributed by atoms with Crippen LogP contribution in [0.2, 0.25) is 0 Å².